The number of rotatable bonds is 4. The SMILES string of the molecule is Cc1nc2c(N)cccc2n1CCOc1ccc(Cl)cc1. The normalized spacial score (nSPS) is 11.0. The monoisotopic (exact) mass is 301 g/mol. The highest BCUT2D eigenvalue weighted by molar-refractivity contribution is 6.30. The number of hydrogen-bond donors (Lipinski definition) is 1. The molecule has 0 fully saturated rings. The lowest BCUT2D eigenvalue weighted by Crippen LogP contribution is -2.09. The summed E-state index contributed by atoms with van der Waals surface area (Å²) in [5.74, 6) is 1.74. The van der Waals surface area contributed by atoms with Gasteiger partial charge in [0.05, 0.1) is 17.7 Å². The molecule has 2 N–H and O–H groups in total. The Bertz CT molecular complexity index is 765. The molecule has 3 rings (SSSR count). The quantitative estimate of drug-likeness (QED) is 0.748. The van der Waals surface area contributed by atoms with E-state index in [9.17, 15) is 0 Å². The second-order valence-corrected chi connectivity index (χ2v) is 5.26. The first kappa shape index (κ1) is 13.8. The van der Waals surface area contributed by atoms with E-state index in [1.807, 2.05) is 49.4 Å². The molecule has 0 spiro atoms. The Labute approximate surface area is 128 Å². The third kappa shape index (κ3) is 2.81. The minimum atomic E-state index is 0.558. The molecule has 0 saturated carbocycles. The van der Waals surface area contributed by atoms with E-state index in [0.717, 1.165) is 22.6 Å². The van der Waals surface area contributed by atoms with Gasteiger partial charge in [0.15, 0.2) is 0 Å². The van der Waals surface area contributed by atoms with E-state index in [1.54, 1.807) is 0 Å². The molecular formula is C16H16ClN3O. The van der Waals surface area contributed by atoms with Gasteiger partial charge in [-0.05, 0) is 43.3 Å². The minimum absolute atomic E-state index is 0.558. The molecule has 0 bridgehead atoms. The molecule has 0 radical (unpaired) electrons. The molecule has 0 atom stereocenters. The zero-order valence-electron chi connectivity index (χ0n) is 11.7. The Morgan fingerprint density at radius 3 is 2.71 bits per heavy atom. The number of nitrogen functional groups attached to an aromatic ring is 1. The molecule has 108 valence electrons. The molecule has 0 saturated heterocycles. The summed E-state index contributed by atoms with van der Waals surface area (Å²) < 4.78 is 7.84. The number of aromatic nitrogens is 2. The molecule has 0 aliphatic rings. The van der Waals surface area contributed by atoms with Crippen LogP contribution in [0.3, 0.4) is 0 Å². The van der Waals surface area contributed by atoms with Crippen LogP contribution in [-0.4, -0.2) is 16.2 Å². The Balaban J connectivity index is 1.75. The molecule has 0 aliphatic carbocycles. The summed E-state index contributed by atoms with van der Waals surface area (Å²) in [5.41, 5.74) is 8.54. The zero-order valence-corrected chi connectivity index (χ0v) is 12.5. The van der Waals surface area contributed by atoms with Crippen molar-refractivity contribution < 1.29 is 4.74 Å². The van der Waals surface area contributed by atoms with E-state index in [1.165, 1.54) is 0 Å². The van der Waals surface area contributed by atoms with Crippen LogP contribution in [0.1, 0.15) is 5.82 Å². The average molecular weight is 302 g/mol. The van der Waals surface area contributed by atoms with Gasteiger partial charge in [0.25, 0.3) is 0 Å². The van der Waals surface area contributed by atoms with Gasteiger partial charge in [0, 0.05) is 5.02 Å². The number of hydrogen-bond acceptors (Lipinski definition) is 3. The number of imidazole rings is 1. The van der Waals surface area contributed by atoms with Crippen LogP contribution in [0.4, 0.5) is 5.69 Å². The number of anilines is 1. The Hall–Kier alpha value is -2.20. The van der Waals surface area contributed by atoms with Gasteiger partial charge in [-0.25, -0.2) is 4.98 Å². The lowest BCUT2D eigenvalue weighted by atomic mass is 10.3. The van der Waals surface area contributed by atoms with Crippen molar-refractivity contribution in [2.24, 2.45) is 0 Å². The average Bonchev–Trinajstić information content (AvgIpc) is 2.79. The smallest absolute Gasteiger partial charge is 0.119 e. The van der Waals surface area contributed by atoms with Crippen molar-refractivity contribution in [3.8, 4) is 5.75 Å². The maximum absolute atomic E-state index is 5.95. The highest BCUT2D eigenvalue weighted by Gasteiger charge is 2.09. The first-order valence-corrected chi connectivity index (χ1v) is 7.12. The summed E-state index contributed by atoms with van der Waals surface area (Å²) >= 11 is 5.85. The maximum Gasteiger partial charge on any atom is 0.119 e. The van der Waals surface area contributed by atoms with Crippen molar-refractivity contribution in [1.82, 2.24) is 9.55 Å². The number of nitrogens with two attached hydrogens (primary N) is 1. The van der Waals surface area contributed by atoms with Crippen molar-refractivity contribution >= 4 is 28.3 Å². The van der Waals surface area contributed by atoms with Gasteiger partial charge in [-0.15, -0.1) is 0 Å². The van der Waals surface area contributed by atoms with Gasteiger partial charge >= 0.3 is 0 Å². The molecule has 1 heterocycles. The van der Waals surface area contributed by atoms with E-state index >= 15 is 0 Å². The highest BCUT2D eigenvalue weighted by Crippen LogP contribution is 2.21. The third-order valence-corrected chi connectivity index (χ3v) is 3.65. The van der Waals surface area contributed by atoms with Gasteiger partial charge in [-0.1, -0.05) is 17.7 Å². The van der Waals surface area contributed by atoms with Crippen LogP contribution < -0.4 is 10.5 Å². The Morgan fingerprint density at radius 2 is 1.95 bits per heavy atom. The fourth-order valence-corrected chi connectivity index (χ4v) is 2.48. The molecule has 0 amide bonds. The molecule has 5 heteroatoms. The molecule has 4 nitrogen and oxygen atoms in total. The van der Waals surface area contributed by atoms with Crippen LogP contribution in [0.5, 0.6) is 5.75 Å². The topological polar surface area (TPSA) is 53.1 Å². The molecule has 3 aromatic rings. The molecule has 0 aliphatic heterocycles. The van der Waals surface area contributed by atoms with E-state index in [0.29, 0.717) is 23.9 Å². The van der Waals surface area contributed by atoms with Crippen molar-refractivity contribution in [2.75, 3.05) is 12.3 Å². The number of fused-ring (bicyclic) bond motifs is 1. The number of ether oxygens (including phenoxy) is 1. The fraction of sp³-hybridized carbons (Fsp3) is 0.188. The lowest BCUT2D eigenvalue weighted by molar-refractivity contribution is 0.299. The van der Waals surface area contributed by atoms with Crippen LogP contribution in [0.2, 0.25) is 5.02 Å². The third-order valence-electron chi connectivity index (χ3n) is 3.40. The number of nitrogens with zero attached hydrogens (tertiary/aromatic N) is 2. The van der Waals surface area contributed by atoms with Crippen molar-refractivity contribution in [3.05, 3.63) is 53.3 Å². The van der Waals surface area contributed by atoms with Gasteiger partial charge < -0.3 is 15.0 Å². The summed E-state index contributed by atoms with van der Waals surface area (Å²) in [6.07, 6.45) is 0. The Kier molecular flexibility index (Phi) is 3.71. The zero-order chi connectivity index (χ0) is 14.8. The van der Waals surface area contributed by atoms with Crippen molar-refractivity contribution in [1.29, 1.82) is 0 Å². The first-order valence-electron chi connectivity index (χ1n) is 6.75. The van der Waals surface area contributed by atoms with E-state index in [-0.39, 0.29) is 0 Å². The molecule has 0 unspecified atom stereocenters. The van der Waals surface area contributed by atoms with Gasteiger partial charge in [-0.2, -0.15) is 0 Å². The van der Waals surface area contributed by atoms with Gasteiger partial charge in [0.1, 0.15) is 23.7 Å². The summed E-state index contributed by atoms with van der Waals surface area (Å²) in [6, 6.07) is 13.2. The van der Waals surface area contributed by atoms with Crippen molar-refractivity contribution in [3.63, 3.8) is 0 Å². The van der Waals surface area contributed by atoms with Crippen LogP contribution in [0, 0.1) is 6.92 Å². The Morgan fingerprint density at radius 1 is 1.19 bits per heavy atom. The van der Waals surface area contributed by atoms with E-state index in [4.69, 9.17) is 22.1 Å². The minimum Gasteiger partial charge on any atom is -0.492 e. The molecular weight excluding hydrogens is 286 g/mol. The number of para-hydroxylation sites is 1. The van der Waals surface area contributed by atoms with Crippen LogP contribution in [0.15, 0.2) is 42.5 Å². The maximum atomic E-state index is 5.95. The number of halogens is 1. The van der Waals surface area contributed by atoms with E-state index in [2.05, 4.69) is 9.55 Å². The molecule has 21 heavy (non-hydrogen) atoms. The number of aryl methyl sites for hydroxylation is 1. The van der Waals surface area contributed by atoms with Crippen molar-refractivity contribution in [2.45, 2.75) is 13.5 Å². The first-order chi connectivity index (χ1) is 10.1. The van der Waals surface area contributed by atoms with Gasteiger partial charge in [-0.3, -0.25) is 0 Å². The largest absolute Gasteiger partial charge is 0.492 e. The predicted molar refractivity (Wildman–Crippen MR) is 85.8 cm³/mol. The summed E-state index contributed by atoms with van der Waals surface area (Å²) in [6.45, 7) is 3.25. The predicted octanol–water partition coefficient (Wildman–Crippen LogP) is 3.66. The molecule has 2 aromatic carbocycles. The van der Waals surface area contributed by atoms with Crippen LogP contribution in [0.25, 0.3) is 11.0 Å². The second kappa shape index (κ2) is 5.66. The van der Waals surface area contributed by atoms with Gasteiger partial charge in [0.2, 0.25) is 0 Å². The summed E-state index contributed by atoms with van der Waals surface area (Å²) in [7, 11) is 0. The van der Waals surface area contributed by atoms with Crippen LogP contribution in [-0.2, 0) is 6.54 Å². The molecule has 1 aromatic heterocycles. The summed E-state index contributed by atoms with van der Waals surface area (Å²) in [4.78, 5) is 4.51. The highest BCUT2D eigenvalue weighted by atomic mass is 35.5. The summed E-state index contributed by atoms with van der Waals surface area (Å²) in [5, 5.41) is 0.703. The number of benzene rings is 2. The standard InChI is InChI=1S/C16H16ClN3O/c1-11-19-16-14(18)3-2-4-15(16)20(11)9-10-21-13-7-5-12(17)6-8-13/h2-8H,9-10,18H2,1H3. The second-order valence-electron chi connectivity index (χ2n) is 4.83. The lowest BCUT2D eigenvalue weighted by Gasteiger charge is -2.09. The fourth-order valence-electron chi connectivity index (χ4n) is 2.35. The van der Waals surface area contributed by atoms with E-state index < -0.39 is 0 Å². The van der Waals surface area contributed by atoms with Crippen LogP contribution >= 0.6 is 11.6 Å².